The first-order valence-corrected chi connectivity index (χ1v) is 25.8. The minimum absolute atomic E-state index is 0.0188. The fourth-order valence-corrected chi connectivity index (χ4v) is 12.7. The molecule has 0 unspecified atom stereocenters. The van der Waals surface area contributed by atoms with Crippen molar-refractivity contribution in [1.29, 1.82) is 0 Å². The lowest BCUT2D eigenvalue weighted by Gasteiger charge is -2.45. The molecule has 0 spiro atoms. The van der Waals surface area contributed by atoms with E-state index in [4.69, 9.17) is 0 Å². The third-order valence-corrected chi connectivity index (χ3v) is 17.0. The molecule has 1 aliphatic carbocycles. The van der Waals surface area contributed by atoms with E-state index in [9.17, 15) is 0 Å². The van der Waals surface area contributed by atoms with Crippen molar-refractivity contribution in [2.45, 2.75) is 163 Å². The first-order valence-electron chi connectivity index (χ1n) is 25.0. The summed E-state index contributed by atoms with van der Waals surface area (Å²) in [6, 6.07) is 44.0. The van der Waals surface area contributed by atoms with Gasteiger partial charge in [-0.05, 0) is 156 Å². The van der Waals surface area contributed by atoms with Crippen LogP contribution in [0.25, 0.3) is 21.2 Å². The zero-order chi connectivity index (χ0) is 48.1. The second kappa shape index (κ2) is 15.0. The largest absolute Gasteiger partial charge is 0.311 e. The predicted octanol–water partition coefficient (Wildman–Crippen LogP) is 16.5. The van der Waals surface area contributed by atoms with Gasteiger partial charge in [0.15, 0.2) is 0 Å². The number of nitrogens with zero attached hydrogens (tertiary/aromatic N) is 2. The Balaban J connectivity index is 1.31. The molecule has 3 aliphatic rings. The van der Waals surface area contributed by atoms with E-state index < -0.39 is 0 Å². The van der Waals surface area contributed by atoms with Crippen molar-refractivity contribution in [3.05, 3.63) is 148 Å². The first-order chi connectivity index (χ1) is 31.1. The molecule has 2 nitrogen and oxygen atoms in total. The number of hydrogen-bond acceptors (Lipinski definition) is 3. The van der Waals surface area contributed by atoms with E-state index in [2.05, 4.69) is 237 Å². The Kier molecular flexibility index (Phi) is 10.2. The molecule has 0 bridgehead atoms. The van der Waals surface area contributed by atoms with E-state index in [1.807, 2.05) is 11.3 Å². The third kappa shape index (κ3) is 7.51. The minimum atomic E-state index is -0.0370. The fourth-order valence-electron chi connectivity index (χ4n) is 11.4. The quantitative estimate of drug-likeness (QED) is 0.163. The van der Waals surface area contributed by atoms with Gasteiger partial charge in [0.05, 0.1) is 11.4 Å². The van der Waals surface area contributed by atoms with Gasteiger partial charge >= 0.3 is 0 Å². The Labute approximate surface area is 407 Å². The Morgan fingerprint density at radius 1 is 0.493 bits per heavy atom. The van der Waals surface area contributed by atoms with Crippen LogP contribution in [0.4, 0.5) is 34.1 Å². The van der Waals surface area contributed by atoms with Crippen LogP contribution >= 0.6 is 11.3 Å². The monoisotopic (exact) mass is 901 g/mol. The SMILES string of the molecule is Cc1cc2c3c(c1)N(c1ccc4c(c1)C(C)(C)CCC4(C)C)c1c(sc4cc(C(C)(C)C)ccc14)B3c1ccc(C(C)(C)C)cc1N2c1ccc(C(C)(C)C)cc1-c1ccc(C(C)(C)C)cc1. The average molecular weight is 901 g/mol. The number of hydrogen-bond donors (Lipinski definition) is 0. The van der Waals surface area contributed by atoms with Crippen molar-refractivity contribution >= 4 is 78.0 Å². The van der Waals surface area contributed by atoms with Gasteiger partial charge in [0.2, 0.25) is 0 Å². The number of thiophene rings is 1. The van der Waals surface area contributed by atoms with Crippen molar-refractivity contribution < 1.29 is 0 Å². The maximum absolute atomic E-state index is 2.69. The van der Waals surface area contributed by atoms with Crippen LogP contribution in [0.1, 0.15) is 163 Å². The molecule has 0 saturated heterocycles. The molecule has 0 amide bonds. The lowest BCUT2D eigenvalue weighted by molar-refractivity contribution is 0.332. The minimum Gasteiger partial charge on any atom is -0.311 e. The smallest absolute Gasteiger partial charge is 0.264 e. The average Bonchev–Trinajstić information content (AvgIpc) is 3.62. The van der Waals surface area contributed by atoms with Crippen molar-refractivity contribution in [3.8, 4) is 11.1 Å². The summed E-state index contributed by atoms with van der Waals surface area (Å²) in [5.74, 6) is 0. The summed E-state index contributed by atoms with van der Waals surface area (Å²) in [5.41, 5.74) is 22.8. The van der Waals surface area contributed by atoms with Gasteiger partial charge in [0.25, 0.3) is 6.71 Å². The Bertz CT molecular complexity index is 3130. The molecule has 0 saturated carbocycles. The molecule has 0 atom stereocenters. The molecule has 10 rings (SSSR count). The van der Waals surface area contributed by atoms with E-state index in [1.165, 1.54) is 123 Å². The van der Waals surface area contributed by atoms with Crippen molar-refractivity contribution in [2.75, 3.05) is 9.80 Å². The molecule has 0 fully saturated rings. The fraction of sp³-hybridized carbons (Fsp3) is 0.397. The van der Waals surface area contributed by atoms with Gasteiger partial charge in [0.1, 0.15) is 0 Å². The van der Waals surface area contributed by atoms with E-state index in [0.29, 0.717) is 0 Å². The summed E-state index contributed by atoms with van der Waals surface area (Å²) in [7, 11) is 0. The van der Waals surface area contributed by atoms with Crippen LogP contribution in [0.5, 0.6) is 0 Å². The van der Waals surface area contributed by atoms with Crippen molar-refractivity contribution in [2.24, 2.45) is 0 Å². The van der Waals surface area contributed by atoms with Crippen molar-refractivity contribution in [1.82, 2.24) is 0 Å². The molecule has 4 heteroatoms. The maximum atomic E-state index is 2.69. The number of fused-ring (bicyclic) bond motifs is 7. The van der Waals surface area contributed by atoms with Crippen LogP contribution in [-0.2, 0) is 32.5 Å². The molecule has 344 valence electrons. The van der Waals surface area contributed by atoms with Crippen LogP contribution in [0.15, 0.2) is 109 Å². The molecule has 2 aliphatic heterocycles. The second-order valence-corrected chi connectivity index (χ2v) is 27.0. The van der Waals surface area contributed by atoms with Gasteiger partial charge < -0.3 is 9.80 Å². The first kappa shape index (κ1) is 45.7. The van der Waals surface area contributed by atoms with Gasteiger partial charge in [-0.2, -0.15) is 0 Å². The summed E-state index contributed by atoms with van der Waals surface area (Å²) in [6.07, 6.45) is 2.38. The summed E-state index contributed by atoms with van der Waals surface area (Å²) in [6.45, 7) is 40.2. The van der Waals surface area contributed by atoms with E-state index >= 15 is 0 Å². The normalized spacial score (nSPS) is 16.5. The Morgan fingerprint density at radius 2 is 1.03 bits per heavy atom. The summed E-state index contributed by atoms with van der Waals surface area (Å²) < 4.78 is 2.79. The number of rotatable bonds is 3. The van der Waals surface area contributed by atoms with Crippen LogP contribution in [0, 0.1) is 6.92 Å². The third-order valence-electron chi connectivity index (χ3n) is 15.8. The molecule has 67 heavy (non-hydrogen) atoms. The van der Waals surface area contributed by atoms with Gasteiger partial charge in [-0.15, -0.1) is 11.3 Å². The summed E-state index contributed by atoms with van der Waals surface area (Å²) in [5, 5.41) is 1.34. The highest BCUT2D eigenvalue weighted by Gasteiger charge is 2.47. The molecule has 3 heterocycles. The number of anilines is 6. The lowest BCUT2D eigenvalue weighted by atomic mass is 9.36. The van der Waals surface area contributed by atoms with Crippen LogP contribution in [0.2, 0.25) is 0 Å². The van der Waals surface area contributed by atoms with E-state index in [1.54, 1.807) is 0 Å². The van der Waals surface area contributed by atoms with Gasteiger partial charge in [-0.25, -0.2) is 0 Å². The molecule has 1 aromatic heterocycles. The standard InChI is InChI=1S/C63H73BN2S/c1-38-32-52-55-53(33-38)66(50-29-24-41(59(5,6)7)34-46(50)39-18-20-40(21-19-39)58(2,3)4)51-35-42(60(8,9)10)23-28-49(51)64(55)57-56(45-26-22-43(61(11,12)13)36-54(45)67-57)65(52)44-25-27-47-48(37-44)63(16,17)31-30-62(47,14)15/h18-29,32-37H,30-31H2,1-17H3. The summed E-state index contributed by atoms with van der Waals surface area (Å²) >= 11 is 2.02. The number of aryl methyl sites for hydroxylation is 1. The second-order valence-electron chi connectivity index (χ2n) is 25.9. The highest BCUT2D eigenvalue weighted by molar-refractivity contribution is 7.33. The summed E-state index contributed by atoms with van der Waals surface area (Å²) in [4.78, 5) is 5.35. The molecule has 6 aromatic carbocycles. The zero-order valence-electron chi connectivity index (χ0n) is 43.7. The molecular formula is C63H73BN2S. The zero-order valence-corrected chi connectivity index (χ0v) is 44.5. The van der Waals surface area contributed by atoms with Crippen LogP contribution in [-0.4, -0.2) is 6.71 Å². The predicted molar refractivity (Wildman–Crippen MR) is 296 cm³/mol. The van der Waals surface area contributed by atoms with Gasteiger partial charge in [0, 0.05) is 43.2 Å². The Hall–Kier alpha value is -5.06. The topological polar surface area (TPSA) is 6.48 Å². The highest BCUT2D eigenvalue weighted by atomic mass is 32.1. The highest BCUT2D eigenvalue weighted by Crippen LogP contribution is 2.53. The molecule has 7 aromatic rings. The lowest BCUT2D eigenvalue weighted by Crippen LogP contribution is -2.60. The van der Waals surface area contributed by atoms with Gasteiger partial charge in [-0.3, -0.25) is 0 Å². The van der Waals surface area contributed by atoms with Gasteiger partial charge in [-0.1, -0.05) is 171 Å². The molecular weight excluding hydrogens is 828 g/mol. The van der Waals surface area contributed by atoms with E-state index in [-0.39, 0.29) is 39.2 Å². The molecule has 0 N–H and O–H groups in total. The van der Waals surface area contributed by atoms with Crippen molar-refractivity contribution in [3.63, 3.8) is 0 Å². The number of benzene rings is 6. The van der Waals surface area contributed by atoms with E-state index in [0.717, 1.165) is 0 Å². The Morgan fingerprint density at radius 3 is 1.66 bits per heavy atom. The maximum Gasteiger partial charge on any atom is 0.264 e. The van der Waals surface area contributed by atoms with Crippen LogP contribution < -0.4 is 25.5 Å². The van der Waals surface area contributed by atoms with Crippen LogP contribution in [0.3, 0.4) is 0 Å². The molecule has 0 radical (unpaired) electrons.